The first-order chi connectivity index (χ1) is 13.2. The smallest absolute Gasteiger partial charge is 0.191 e. The molecule has 0 spiro atoms. The van der Waals surface area contributed by atoms with Crippen LogP contribution in [0.15, 0.2) is 40.8 Å². The molecule has 0 bridgehead atoms. The molecule has 3 aromatic rings. The van der Waals surface area contributed by atoms with E-state index in [1.54, 1.807) is 36.8 Å². The molecule has 0 atom stereocenters. The average molecular weight is 529 g/mol. The maximum atomic E-state index is 5.20. The molecule has 1 aromatic carbocycles. The maximum absolute atomic E-state index is 5.20. The van der Waals surface area contributed by atoms with Gasteiger partial charge in [0.1, 0.15) is 10.8 Å². The van der Waals surface area contributed by atoms with Crippen molar-refractivity contribution in [3.05, 3.63) is 51.4 Å². The number of hydrogen-bond donors (Lipinski definition) is 2. The van der Waals surface area contributed by atoms with Crippen molar-refractivity contribution in [1.82, 2.24) is 20.6 Å². The number of hydrogen-bond acceptors (Lipinski definition) is 6. The molecule has 28 heavy (non-hydrogen) atoms. The number of methoxy groups -OCH3 is 1. The van der Waals surface area contributed by atoms with E-state index in [0.717, 1.165) is 45.9 Å². The van der Waals surface area contributed by atoms with Crippen molar-refractivity contribution in [3.8, 4) is 16.3 Å². The van der Waals surface area contributed by atoms with Crippen LogP contribution in [0, 0.1) is 6.92 Å². The van der Waals surface area contributed by atoms with Gasteiger partial charge in [0.2, 0.25) is 0 Å². The van der Waals surface area contributed by atoms with Gasteiger partial charge in [0.25, 0.3) is 0 Å². The van der Waals surface area contributed by atoms with Crippen molar-refractivity contribution in [2.45, 2.75) is 19.9 Å². The van der Waals surface area contributed by atoms with Crippen molar-refractivity contribution in [1.29, 1.82) is 0 Å². The molecule has 2 aromatic heterocycles. The van der Waals surface area contributed by atoms with E-state index in [-0.39, 0.29) is 24.0 Å². The minimum absolute atomic E-state index is 0. The molecular formula is C19H24IN5OS2. The second-order valence-electron chi connectivity index (χ2n) is 5.84. The van der Waals surface area contributed by atoms with E-state index in [1.165, 1.54) is 4.88 Å². The van der Waals surface area contributed by atoms with Gasteiger partial charge in [-0.15, -0.1) is 46.7 Å². The molecule has 0 saturated heterocycles. The Morgan fingerprint density at radius 2 is 2.00 bits per heavy atom. The van der Waals surface area contributed by atoms with E-state index in [1.807, 2.05) is 30.5 Å². The number of ether oxygens (including phenoxy) is 1. The van der Waals surface area contributed by atoms with Crippen LogP contribution >= 0.6 is 46.7 Å². The summed E-state index contributed by atoms with van der Waals surface area (Å²) < 4.78 is 5.20. The van der Waals surface area contributed by atoms with Crippen LogP contribution in [0.4, 0.5) is 0 Å². The van der Waals surface area contributed by atoms with Crippen molar-refractivity contribution >= 4 is 52.6 Å². The van der Waals surface area contributed by atoms with Crippen molar-refractivity contribution < 1.29 is 4.74 Å². The summed E-state index contributed by atoms with van der Waals surface area (Å²) in [5.74, 6) is 1.61. The van der Waals surface area contributed by atoms with Crippen LogP contribution in [-0.2, 0) is 13.0 Å². The van der Waals surface area contributed by atoms with Gasteiger partial charge in [0.05, 0.1) is 24.4 Å². The highest BCUT2D eigenvalue weighted by Gasteiger charge is 2.06. The number of aryl methyl sites for hydroxylation is 1. The zero-order valence-electron chi connectivity index (χ0n) is 16.1. The van der Waals surface area contributed by atoms with E-state index < -0.39 is 0 Å². The molecule has 0 unspecified atom stereocenters. The van der Waals surface area contributed by atoms with Crippen LogP contribution < -0.4 is 15.4 Å². The molecule has 9 heteroatoms. The first kappa shape index (κ1) is 22.6. The lowest BCUT2D eigenvalue weighted by Gasteiger charge is -2.10. The Labute approximate surface area is 190 Å². The Morgan fingerprint density at radius 3 is 2.64 bits per heavy atom. The number of nitrogens with zero attached hydrogens (tertiary/aromatic N) is 3. The molecule has 0 aliphatic heterocycles. The summed E-state index contributed by atoms with van der Waals surface area (Å²) in [4.78, 5) is 14.6. The Balaban J connectivity index is 0.00000280. The number of benzene rings is 1. The summed E-state index contributed by atoms with van der Waals surface area (Å²) in [6.45, 7) is 3.49. The summed E-state index contributed by atoms with van der Waals surface area (Å²) in [5.41, 5.74) is 2.08. The molecule has 0 aliphatic rings. The van der Waals surface area contributed by atoms with E-state index in [4.69, 9.17) is 9.72 Å². The zero-order valence-corrected chi connectivity index (χ0v) is 20.0. The highest BCUT2D eigenvalue weighted by molar-refractivity contribution is 14.0. The number of nitrogens with one attached hydrogen (secondary N) is 2. The van der Waals surface area contributed by atoms with Crippen molar-refractivity contribution in [2.75, 3.05) is 20.7 Å². The maximum Gasteiger partial charge on any atom is 0.191 e. The molecule has 150 valence electrons. The van der Waals surface area contributed by atoms with Gasteiger partial charge in [-0.05, 0) is 31.2 Å². The van der Waals surface area contributed by atoms with Crippen molar-refractivity contribution in [3.63, 3.8) is 0 Å². The van der Waals surface area contributed by atoms with Gasteiger partial charge >= 0.3 is 0 Å². The zero-order chi connectivity index (χ0) is 19.1. The van der Waals surface area contributed by atoms with Gasteiger partial charge < -0.3 is 15.4 Å². The highest BCUT2D eigenvalue weighted by atomic mass is 127. The Morgan fingerprint density at radius 1 is 1.21 bits per heavy atom. The quantitative estimate of drug-likeness (QED) is 0.274. The Hall–Kier alpha value is -1.72. The summed E-state index contributed by atoms with van der Waals surface area (Å²) in [6.07, 6.45) is 2.80. The monoisotopic (exact) mass is 529 g/mol. The predicted molar refractivity (Wildman–Crippen MR) is 128 cm³/mol. The standard InChI is InChI=1S/C19H23N5OS2.HI/c1-13-10-22-17(27-13)8-9-21-19(20-2)23-11-15-12-26-18(24-15)14-4-6-16(25-3)7-5-14;/h4-7,10,12H,8-9,11H2,1-3H3,(H2,20,21,23);1H. The van der Waals surface area contributed by atoms with E-state index >= 15 is 0 Å². The molecule has 6 nitrogen and oxygen atoms in total. The van der Waals surface area contributed by atoms with Gasteiger partial charge in [0.15, 0.2) is 5.96 Å². The second kappa shape index (κ2) is 11.3. The number of aromatic nitrogens is 2. The van der Waals surface area contributed by atoms with Crippen LogP contribution in [0.2, 0.25) is 0 Å². The van der Waals surface area contributed by atoms with Crippen LogP contribution in [0.25, 0.3) is 10.6 Å². The van der Waals surface area contributed by atoms with Crippen molar-refractivity contribution in [2.24, 2.45) is 4.99 Å². The summed E-state index contributed by atoms with van der Waals surface area (Å²) >= 11 is 3.37. The molecule has 2 heterocycles. The predicted octanol–water partition coefficient (Wildman–Crippen LogP) is 4.11. The number of aliphatic imine (C=N–C) groups is 1. The largest absolute Gasteiger partial charge is 0.497 e. The van der Waals surface area contributed by atoms with Gasteiger partial charge in [-0.3, -0.25) is 4.99 Å². The first-order valence-corrected chi connectivity index (χ1v) is 10.3. The first-order valence-electron chi connectivity index (χ1n) is 8.62. The van der Waals surface area contributed by atoms with Gasteiger partial charge in [-0.1, -0.05) is 0 Å². The van der Waals surface area contributed by atoms with E-state index in [9.17, 15) is 0 Å². The third-order valence-electron chi connectivity index (χ3n) is 3.85. The fraction of sp³-hybridized carbons (Fsp3) is 0.316. The SMILES string of the molecule is CN=C(NCCc1ncc(C)s1)NCc1csc(-c2ccc(OC)cc2)n1.I. The van der Waals surface area contributed by atoms with Crippen LogP contribution in [0.3, 0.4) is 0 Å². The molecule has 0 saturated carbocycles. The lowest BCUT2D eigenvalue weighted by Crippen LogP contribution is -2.37. The molecule has 2 N–H and O–H groups in total. The van der Waals surface area contributed by atoms with Gasteiger partial charge in [0, 0.05) is 42.0 Å². The van der Waals surface area contributed by atoms with E-state index in [2.05, 4.69) is 32.9 Å². The van der Waals surface area contributed by atoms with E-state index in [0.29, 0.717) is 6.54 Å². The minimum Gasteiger partial charge on any atom is -0.497 e. The normalized spacial score (nSPS) is 11.0. The number of thiazole rings is 2. The van der Waals surface area contributed by atoms with Gasteiger partial charge in [-0.2, -0.15) is 0 Å². The molecule has 0 aliphatic carbocycles. The Kier molecular flexibility index (Phi) is 9.13. The lowest BCUT2D eigenvalue weighted by atomic mass is 10.2. The average Bonchev–Trinajstić information content (AvgIpc) is 3.33. The second-order valence-corrected chi connectivity index (χ2v) is 8.02. The van der Waals surface area contributed by atoms with Crippen LogP contribution in [-0.4, -0.2) is 36.6 Å². The number of guanidine groups is 1. The summed E-state index contributed by atoms with van der Waals surface area (Å²) in [5, 5.41) is 10.8. The molecule has 0 radical (unpaired) electrons. The Bertz CT molecular complexity index is 892. The number of halogens is 1. The fourth-order valence-corrected chi connectivity index (χ4v) is 4.07. The molecule has 0 amide bonds. The van der Waals surface area contributed by atoms with Crippen LogP contribution in [0.1, 0.15) is 15.6 Å². The van der Waals surface area contributed by atoms with Crippen LogP contribution in [0.5, 0.6) is 5.75 Å². The fourth-order valence-electron chi connectivity index (χ4n) is 2.45. The topological polar surface area (TPSA) is 71.4 Å². The highest BCUT2D eigenvalue weighted by Crippen LogP contribution is 2.25. The number of rotatable bonds is 7. The third kappa shape index (κ3) is 6.42. The molecular weight excluding hydrogens is 505 g/mol. The summed E-state index contributed by atoms with van der Waals surface area (Å²) in [6, 6.07) is 7.94. The third-order valence-corrected chi connectivity index (χ3v) is 5.76. The molecule has 3 rings (SSSR count). The van der Waals surface area contributed by atoms with Gasteiger partial charge in [-0.25, -0.2) is 9.97 Å². The lowest BCUT2D eigenvalue weighted by molar-refractivity contribution is 0.415. The molecule has 0 fully saturated rings. The summed E-state index contributed by atoms with van der Waals surface area (Å²) in [7, 11) is 3.44. The minimum atomic E-state index is 0.